The summed E-state index contributed by atoms with van der Waals surface area (Å²) < 4.78 is 12.9. The van der Waals surface area contributed by atoms with Gasteiger partial charge in [-0.1, -0.05) is 29.8 Å². The van der Waals surface area contributed by atoms with Gasteiger partial charge in [-0.25, -0.2) is 4.39 Å². The lowest BCUT2D eigenvalue weighted by Gasteiger charge is -2.29. The van der Waals surface area contributed by atoms with E-state index in [2.05, 4.69) is 17.6 Å². The van der Waals surface area contributed by atoms with Crippen LogP contribution in [0.25, 0.3) is 6.08 Å². The van der Waals surface area contributed by atoms with Crippen molar-refractivity contribution in [3.8, 4) is 0 Å². The maximum absolute atomic E-state index is 12.9. The van der Waals surface area contributed by atoms with Crippen LogP contribution in [-0.2, 0) is 0 Å². The Kier molecular flexibility index (Phi) is 3.13. The Bertz CT molecular complexity index is 623. The average Bonchev–Trinajstić information content (AvgIpc) is 2.42. The molecule has 1 aliphatic rings. The highest BCUT2D eigenvalue weighted by molar-refractivity contribution is 6.31. The maximum atomic E-state index is 12.9. The van der Waals surface area contributed by atoms with E-state index in [1.165, 1.54) is 12.1 Å². The number of hydrogen-bond donors (Lipinski definition) is 1. The summed E-state index contributed by atoms with van der Waals surface area (Å²) >= 11 is 6.04. The minimum absolute atomic E-state index is 0.243. The third-order valence-corrected chi connectivity index (χ3v) is 3.21. The fourth-order valence-corrected chi connectivity index (χ4v) is 2.23. The largest absolute Gasteiger partial charge is 0.298 e. The van der Waals surface area contributed by atoms with E-state index in [9.17, 15) is 4.39 Å². The topological polar surface area (TPSA) is 15.3 Å². The van der Waals surface area contributed by atoms with Crippen LogP contribution in [0.1, 0.15) is 5.56 Å². The molecular weight excluding hydrogens is 263 g/mol. The molecule has 1 heterocycles. The first kappa shape index (κ1) is 12.1. The maximum Gasteiger partial charge on any atom is 0.123 e. The van der Waals surface area contributed by atoms with Crippen molar-refractivity contribution in [1.29, 1.82) is 0 Å². The van der Waals surface area contributed by atoms with E-state index >= 15 is 0 Å². The summed E-state index contributed by atoms with van der Waals surface area (Å²) in [5.41, 5.74) is 6.20. The predicted octanol–water partition coefficient (Wildman–Crippen LogP) is 4.34. The monoisotopic (exact) mass is 274 g/mol. The molecule has 0 amide bonds. The third-order valence-electron chi connectivity index (χ3n) is 2.98. The zero-order valence-corrected chi connectivity index (χ0v) is 10.9. The van der Waals surface area contributed by atoms with Crippen LogP contribution in [0.2, 0.25) is 5.02 Å². The Morgan fingerprint density at radius 3 is 2.68 bits per heavy atom. The molecule has 2 nitrogen and oxygen atoms in total. The molecule has 0 unspecified atom stereocenters. The molecule has 96 valence electrons. The van der Waals surface area contributed by atoms with Crippen LogP contribution in [0.15, 0.2) is 48.5 Å². The highest BCUT2D eigenvalue weighted by atomic mass is 35.5. The molecule has 0 bridgehead atoms. The molecule has 0 atom stereocenters. The van der Waals surface area contributed by atoms with Gasteiger partial charge < -0.3 is 0 Å². The number of nitrogens with zero attached hydrogens (tertiary/aromatic N) is 1. The Hall–Kier alpha value is -2.00. The normalized spacial score (nSPS) is 13.3. The summed E-state index contributed by atoms with van der Waals surface area (Å²) in [5.74, 6) is -0.243. The van der Waals surface area contributed by atoms with Gasteiger partial charge in [0.2, 0.25) is 0 Å². The first-order chi connectivity index (χ1) is 9.22. The van der Waals surface area contributed by atoms with Gasteiger partial charge in [-0.2, -0.15) is 0 Å². The molecule has 4 heteroatoms. The second-order valence-electron chi connectivity index (χ2n) is 4.33. The number of hydrogen-bond acceptors (Lipinski definition) is 2. The smallest absolute Gasteiger partial charge is 0.123 e. The standard InChI is InChI=1S/C15H12ClFN2/c16-12-4-3-11-2-1-9-19(15(11)10-12)18-14-7-5-13(17)6-8-14/h1-8,10,18H,9H2. The first-order valence-electron chi connectivity index (χ1n) is 5.98. The lowest BCUT2D eigenvalue weighted by molar-refractivity contribution is 0.628. The van der Waals surface area contributed by atoms with E-state index in [1.54, 1.807) is 12.1 Å². The van der Waals surface area contributed by atoms with Gasteiger partial charge in [-0.15, -0.1) is 0 Å². The van der Waals surface area contributed by atoms with Gasteiger partial charge in [-0.05, 0) is 42.0 Å². The minimum Gasteiger partial charge on any atom is -0.298 e. The highest BCUT2D eigenvalue weighted by Gasteiger charge is 2.13. The van der Waals surface area contributed by atoms with Crippen LogP contribution in [0, 0.1) is 5.82 Å². The Morgan fingerprint density at radius 1 is 1.11 bits per heavy atom. The molecule has 2 aromatic rings. The summed E-state index contributed by atoms with van der Waals surface area (Å²) in [5, 5.41) is 2.68. The second kappa shape index (κ2) is 4.94. The lowest BCUT2D eigenvalue weighted by atomic mass is 10.1. The number of nitrogens with one attached hydrogen (secondary N) is 1. The van der Waals surface area contributed by atoms with Crippen molar-refractivity contribution in [2.24, 2.45) is 0 Å². The molecule has 0 fully saturated rings. The van der Waals surface area contributed by atoms with Crippen molar-refractivity contribution in [2.45, 2.75) is 0 Å². The van der Waals surface area contributed by atoms with Gasteiger partial charge in [0, 0.05) is 5.02 Å². The molecule has 1 aliphatic heterocycles. The Labute approximate surface area is 116 Å². The number of hydrazine groups is 1. The number of benzene rings is 2. The minimum atomic E-state index is -0.243. The first-order valence-corrected chi connectivity index (χ1v) is 6.36. The number of anilines is 2. The number of fused-ring (bicyclic) bond motifs is 1. The third kappa shape index (κ3) is 2.56. The Balaban J connectivity index is 1.89. The number of halogens is 2. The van der Waals surface area contributed by atoms with E-state index in [1.807, 2.05) is 23.2 Å². The molecule has 0 saturated carbocycles. The van der Waals surface area contributed by atoms with E-state index in [-0.39, 0.29) is 5.82 Å². The molecule has 0 saturated heterocycles. The van der Waals surface area contributed by atoms with Crippen LogP contribution in [0.4, 0.5) is 15.8 Å². The van der Waals surface area contributed by atoms with Crippen molar-refractivity contribution >= 4 is 29.1 Å². The fraction of sp³-hybridized carbons (Fsp3) is 0.0667. The predicted molar refractivity (Wildman–Crippen MR) is 77.9 cm³/mol. The van der Waals surface area contributed by atoms with Gasteiger partial charge in [0.25, 0.3) is 0 Å². The SMILES string of the molecule is Fc1ccc(NN2CC=Cc3ccc(Cl)cc32)cc1. The van der Waals surface area contributed by atoms with Crippen LogP contribution in [0.5, 0.6) is 0 Å². The molecule has 0 spiro atoms. The fourth-order valence-electron chi connectivity index (χ4n) is 2.06. The van der Waals surface area contributed by atoms with Gasteiger partial charge in [-0.3, -0.25) is 10.4 Å². The number of rotatable bonds is 2. The zero-order chi connectivity index (χ0) is 13.2. The summed E-state index contributed by atoms with van der Waals surface area (Å²) in [6, 6.07) is 12.0. The van der Waals surface area contributed by atoms with Gasteiger partial charge in [0.1, 0.15) is 5.82 Å². The molecule has 2 aromatic carbocycles. The summed E-state index contributed by atoms with van der Waals surface area (Å²) in [6.45, 7) is 0.727. The van der Waals surface area contributed by atoms with Crippen LogP contribution in [-0.4, -0.2) is 6.54 Å². The van der Waals surface area contributed by atoms with E-state index in [0.29, 0.717) is 5.02 Å². The van der Waals surface area contributed by atoms with E-state index < -0.39 is 0 Å². The van der Waals surface area contributed by atoms with Crippen molar-refractivity contribution in [1.82, 2.24) is 0 Å². The van der Waals surface area contributed by atoms with Crippen LogP contribution < -0.4 is 10.4 Å². The quantitative estimate of drug-likeness (QED) is 0.876. The zero-order valence-electron chi connectivity index (χ0n) is 10.1. The Morgan fingerprint density at radius 2 is 1.89 bits per heavy atom. The lowest BCUT2D eigenvalue weighted by Crippen LogP contribution is -2.32. The van der Waals surface area contributed by atoms with Gasteiger partial charge in [0.05, 0.1) is 17.9 Å². The summed E-state index contributed by atoms with van der Waals surface area (Å²) in [7, 11) is 0. The molecule has 0 aromatic heterocycles. The molecule has 3 rings (SSSR count). The molecule has 19 heavy (non-hydrogen) atoms. The van der Waals surface area contributed by atoms with E-state index in [0.717, 1.165) is 23.5 Å². The molecule has 1 N–H and O–H groups in total. The second-order valence-corrected chi connectivity index (χ2v) is 4.77. The summed E-state index contributed by atoms with van der Waals surface area (Å²) in [4.78, 5) is 0. The van der Waals surface area contributed by atoms with Crippen LogP contribution in [0.3, 0.4) is 0 Å². The molecule has 0 radical (unpaired) electrons. The van der Waals surface area contributed by atoms with Gasteiger partial charge >= 0.3 is 0 Å². The van der Waals surface area contributed by atoms with Gasteiger partial charge in [0.15, 0.2) is 0 Å². The van der Waals surface area contributed by atoms with E-state index in [4.69, 9.17) is 11.6 Å². The molecule has 0 aliphatic carbocycles. The van der Waals surface area contributed by atoms with Crippen molar-refractivity contribution in [3.05, 3.63) is 64.9 Å². The molecular formula is C15H12ClFN2. The average molecular weight is 275 g/mol. The van der Waals surface area contributed by atoms with Crippen molar-refractivity contribution < 1.29 is 4.39 Å². The highest BCUT2D eigenvalue weighted by Crippen LogP contribution is 2.29. The summed E-state index contributed by atoms with van der Waals surface area (Å²) in [6.07, 6.45) is 4.13. The van der Waals surface area contributed by atoms with Crippen molar-refractivity contribution in [3.63, 3.8) is 0 Å². The van der Waals surface area contributed by atoms with Crippen LogP contribution >= 0.6 is 11.6 Å². The van der Waals surface area contributed by atoms with Crippen molar-refractivity contribution in [2.75, 3.05) is 17.0 Å².